The minimum Gasteiger partial charge on any atom is -0.296 e. The van der Waals surface area contributed by atoms with Crippen molar-refractivity contribution >= 4 is 21.6 Å². The number of piperazine rings is 1. The molecule has 3 rings (SSSR count). The number of sulfonamides is 1. The summed E-state index contributed by atoms with van der Waals surface area (Å²) in [6.45, 7) is 2.55. The number of pyridine rings is 1. The molecule has 0 unspecified atom stereocenters. The third-order valence-electron chi connectivity index (χ3n) is 4.01. The zero-order valence-corrected chi connectivity index (χ0v) is 14.5. The van der Waals surface area contributed by atoms with Crippen LogP contribution in [0.15, 0.2) is 47.6 Å². The van der Waals surface area contributed by atoms with E-state index in [-0.39, 0.29) is 10.7 Å². The van der Waals surface area contributed by atoms with E-state index in [4.69, 9.17) is 11.6 Å². The van der Waals surface area contributed by atoms with Crippen LogP contribution in [0.2, 0.25) is 5.02 Å². The van der Waals surface area contributed by atoms with E-state index in [2.05, 4.69) is 9.88 Å². The van der Waals surface area contributed by atoms with Crippen LogP contribution in [0.25, 0.3) is 0 Å². The van der Waals surface area contributed by atoms with Crippen molar-refractivity contribution in [2.24, 2.45) is 0 Å². The Bertz CT molecular complexity index is 809. The smallest absolute Gasteiger partial charge is 0.244 e. The highest BCUT2D eigenvalue weighted by Gasteiger charge is 2.28. The first-order valence-corrected chi connectivity index (χ1v) is 9.35. The van der Waals surface area contributed by atoms with Crippen LogP contribution < -0.4 is 0 Å². The van der Waals surface area contributed by atoms with Crippen molar-refractivity contribution in [3.8, 4) is 0 Å². The Kier molecular flexibility index (Phi) is 5.15. The van der Waals surface area contributed by atoms with Gasteiger partial charge in [-0.05, 0) is 29.8 Å². The Balaban J connectivity index is 1.64. The highest BCUT2D eigenvalue weighted by atomic mass is 35.5. The maximum Gasteiger partial charge on any atom is 0.244 e. The summed E-state index contributed by atoms with van der Waals surface area (Å²) in [5, 5.41) is 0.389. The second-order valence-electron chi connectivity index (χ2n) is 5.60. The molecular formula is C16H17ClFN3O2S. The molecule has 1 saturated heterocycles. The monoisotopic (exact) mass is 369 g/mol. The molecule has 1 aromatic heterocycles. The molecule has 8 heteroatoms. The minimum absolute atomic E-state index is 0.208. The lowest BCUT2D eigenvalue weighted by Crippen LogP contribution is -2.48. The number of aromatic nitrogens is 1. The van der Waals surface area contributed by atoms with Crippen LogP contribution >= 0.6 is 11.6 Å². The van der Waals surface area contributed by atoms with Gasteiger partial charge >= 0.3 is 0 Å². The fraction of sp³-hybridized carbons (Fsp3) is 0.312. The number of nitrogens with zero attached hydrogens (tertiary/aromatic N) is 3. The largest absolute Gasteiger partial charge is 0.296 e. The Morgan fingerprint density at radius 2 is 1.92 bits per heavy atom. The summed E-state index contributed by atoms with van der Waals surface area (Å²) in [7, 11) is -3.50. The standard InChI is InChI=1S/C16H17ClFN3O2S/c17-16-10-14(18)4-3-13(16)12-20-6-8-21(9-7-20)24(22,23)15-2-1-5-19-11-15/h1-5,10-11H,6-9,12H2. The third kappa shape index (κ3) is 3.75. The molecule has 1 fully saturated rings. The number of hydrogen-bond donors (Lipinski definition) is 0. The molecule has 2 heterocycles. The Morgan fingerprint density at radius 3 is 2.54 bits per heavy atom. The van der Waals surface area contributed by atoms with Crippen LogP contribution in [-0.2, 0) is 16.6 Å². The van der Waals surface area contributed by atoms with E-state index >= 15 is 0 Å². The van der Waals surface area contributed by atoms with Crippen LogP contribution in [-0.4, -0.2) is 48.8 Å². The SMILES string of the molecule is O=S(=O)(c1cccnc1)N1CCN(Cc2ccc(F)cc2Cl)CC1. The fourth-order valence-corrected chi connectivity index (χ4v) is 4.28. The maximum atomic E-state index is 13.1. The average Bonchev–Trinajstić information content (AvgIpc) is 2.59. The van der Waals surface area contributed by atoms with Gasteiger partial charge in [0.15, 0.2) is 0 Å². The molecule has 24 heavy (non-hydrogen) atoms. The van der Waals surface area contributed by atoms with Crippen LogP contribution in [0.4, 0.5) is 4.39 Å². The lowest BCUT2D eigenvalue weighted by molar-refractivity contribution is 0.181. The zero-order valence-electron chi connectivity index (χ0n) is 12.9. The molecule has 1 aromatic carbocycles. The maximum absolute atomic E-state index is 13.1. The molecule has 0 bridgehead atoms. The van der Waals surface area contributed by atoms with Gasteiger partial charge in [-0.15, -0.1) is 0 Å². The van der Waals surface area contributed by atoms with Crippen molar-refractivity contribution in [3.05, 3.63) is 59.1 Å². The molecule has 1 aliphatic rings. The van der Waals surface area contributed by atoms with Gasteiger partial charge in [0.05, 0.1) is 0 Å². The van der Waals surface area contributed by atoms with Gasteiger partial charge in [-0.1, -0.05) is 17.7 Å². The van der Waals surface area contributed by atoms with Gasteiger partial charge < -0.3 is 0 Å². The molecule has 128 valence electrons. The molecule has 0 spiro atoms. The molecule has 0 aliphatic carbocycles. The first kappa shape index (κ1) is 17.3. The number of hydrogen-bond acceptors (Lipinski definition) is 4. The van der Waals surface area contributed by atoms with Gasteiger partial charge in [-0.2, -0.15) is 4.31 Å². The molecule has 0 amide bonds. The van der Waals surface area contributed by atoms with Crippen LogP contribution in [0, 0.1) is 5.82 Å². The van der Waals surface area contributed by atoms with E-state index in [9.17, 15) is 12.8 Å². The second kappa shape index (κ2) is 7.14. The van der Waals surface area contributed by atoms with E-state index in [1.807, 2.05) is 0 Å². The quantitative estimate of drug-likeness (QED) is 0.830. The van der Waals surface area contributed by atoms with Crippen molar-refractivity contribution in [2.75, 3.05) is 26.2 Å². The van der Waals surface area contributed by atoms with Crippen molar-refractivity contribution in [1.29, 1.82) is 0 Å². The molecule has 2 aromatic rings. The minimum atomic E-state index is -3.50. The number of benzene rings is 1. The van der Waals surface area contributed by atoms with E-state index in [0.29, 0.717) is 37.7 Å². The van der Waals surface area contributed by atoms with Crippen molar-refractivity contribution < 1.29 is 12.8 Å². The first-order chi connectivity index (χ1) is 11.5. The lowest BCUT2D eigenvalue weighted by atomic mass is 10.2. The van der Waals surface area contributed by atoms with Gasteiger partial charge in [0, 0.05) is 50.1 Å². The van der Waals surface area contributed by atoms with Gasteiger partial charge in [-0.25, -0.2) is 12.8 Å². The van der Waals surface area contributed by atoms with E-state index in [1.54, 1.807) is 24.4 Å². The predicted octanol–water partition coefficient (Wildman–Crippen LogP) is 2.38. The number of rotatable bonds is 4. The third-order valence-corrected chi connectivity index (χ3v) is 6.25. The summed E-state index contributed by atoms with van der Waals surface area (Å²) in [5.41, 5.74) is 0.835. The molecular weight excluding hydrogens is 353 g/mol. The van der Waals surface area contributed by atoms with E-state index < -0.39 is 10.0 Å². The van der Waals surface area contributed by atoms with Gasteiger partial charge in [0.25, 0.3) is 0 Å². The summed E-state index contributed by atoms with van der Waals surface area (Å²) in [5.74, 6) is -0.365. The topological polar surface area (TPSA) is 53.5 Å². The molecule has 5 nitrogen and oxygen atoms in total. The fourth-order valence-electron chi connectivity index (χ4n) is 2.67. The number of halogens is 2. The van der Waals surface area contributed by atoms with Crippen LogP contribution in [0.1, 0.15) is 5.56 Å². The molecule has 0 radical (unpaired) electrons. The summed E-state index contributed by atoms with van der Waals surface area (Å²) in [6, 6.07) is 7.49. The average molecular weight is 370 g/mol. The second-order valence-corrected chi connectivity index (χ2v) is 7.95. The van der Waals surface area contributed by atoms with Gasteiger partial charge in [0.2, 0.25) is 10.0 Å². The summed E-state index contributed by atoms with van der Waals surface area (Å²) >= 11 is 6.05. The highest BCUT2D eigenvalue weighted by Crippen LogP contribution is 2.21. The summed E-state index contributed by atoms with van der Waals surface area (Å²) in [6.07, 6.45) is 2.91. The van der Waals surface area contributed by atoms with E-state index in [1.165, 1.54) is 22.6 Å². The van der Waals surface area contributed by atoms with Crippen molar-refractivity contribution in [3.63, 3.8) is 0 Å². The zero-order chi connectivity index (χ0) is 17.2. The van der Waals surface area contributed by atoms with Crippen LogP contribution in [0.3, 0.4) is 0 Å². The molecule has 1 aliphatic heterocycles. The Labute approximate surface area is 145 Å². The summed E-state index contributed by atoms with van der Waals surface area (Å²) in [4.78, 5) is 6.19. The molecule has 0 saturated carbocycles. The van der Waals surface area contributed by atoms with Crippen LogP contribution in [0.5, 0.6) is 0 Å². The van der Waals surface area contributed by atoms with Gasteiger partial charge in [0.1, 0.15) is 10.7 Å². The highest BCUT2D eigenvalue weighted by molar-refractivity contribution is 7.89. The first-order valence-electron chi connectivity index (χ1n) is 7.53. The van der Waals surface area contributed by atoms with Crippen molar-refractivity contribution in [1.82, 2.24) is 14.2 Å². The summed E-state index contributed by atoms with van der Waals surface area (Å²) < 4.78 is 39.7. The van der Waals surface area contributed by atoms with Gasteiger partial charge in [-0.3, -0.25) is 9.88 Å². The van der Waals surface area contributed by atoms with Crippen molar-refractivity contribution in [2.45, 2.75) is 11.4 Å². The normalized spacial score (nSPS) is 17.1. The lowest BCUT2D eigenvalue weighted by Gasteiger charge is -2.34. The Morgan fingerprint density at radius 1 is 1.17 bits per heavy atom. The molecule has 0 atom stereocenters. The predicted molar refractivity (Wildman–Crippen MR) is 89.7 cm³/mol. The van der Waals surface area contributed by atoms with E-state index in [0.717, 1.165) is 5.56 Å². The Hall–Kier alpha value is -1.54. The molecule has 0 N–H and O–H groups in total.